The maximum atomic E-state index is 13.0. The van der Waals surface area contributed by atoms with Crippen LogP contribution in [0.5, 0.6) is 5.75 Å². The third-order valence-electron chi connectivity index (χ3n) is 4.54. The lowest BCUT2D eigenvalue weighted by Gasteiger charge is -2.27. The van der Waals surface area contributed by atoms with Gasteiger partial charge in [0.15, 0.2) is 5.60 Å². The zero-order valence-corrected chi connectivity index (χ0v) is 15.8. The van der Waals surface area contributed by atoms with E-state index in [2.05, 4.69) is 10.5 Å². The second-order valence-corrected chi connectivity index (χ2v) is 6.31. The first-order valence-electron chi connectivity index (χ1n) is 8.88. The van der Waals surface area contributed by atoms with Crippen LogP contribution in [0.1, 0.15) is 23.6 Å². The second-order valence-electron chi connectivity index (χ2n) is 6.31. The van der Waals surface area contributed by atoms with E-state index in [-0.39, 0.29) is 0 Å². The van der Waals surface area contributed by atoms with Crippen molar-refractivity contribution in [3.63, 3.8) is 0 Å². The number of carbonyl (C=O) groups excluding carboxylic acids is 1. The van der Waals surface area contributed by atoms with E-state index in [1.165, 1.54) is 0 Å². The standard InChI is InChI=1S/C23H22N2O3/c1-17(18-13-15-21(28-2)16-14-18)24-25-22(26)23(27,19-9-5-3-6-10-19)20-11-7-4-8-12-20/h3-16,27H,1-2H3,(H,25,26)/b24-17-. The predicted octanol–water partition coefficient (Wildman–Crippen LogP) is 3.47. The molecule has 0 bridgehead atoms. The van der Waals surface area contributed by atoms with Crippen LogP contribution in [0.4, 0.5) is 0 Å². The van der Waals surface area contributed by atoms with Gasteiger partial charge in [0.05, 0.1) is 12.8 Å². The molecule has 0 heterocycles. The molecule has 0 saturated carbocycles. The van der Waals surface area contributed by atoms with Gasteiger partial charge in [-0.2, -0.15) is 5.10 Å². The average molecular weight is 374 g/mol. The van der Waals surface area contributed by atoms with Gasteiger partial charge in [0.2, 0.25) is 0 Å². The van der Waals surface area contributed by atoms with E-state index in [1.54, 1.807) is 62.6 Å². The van der Waals surface area contributed by atoms with E-state index in [0.717, 1.165) is 11.3 Å². The fourth-order valence-corrected chi connectivity index (χ4v) is 2.90. The summed E-state index contributed by atoms with van der Waals surface area (Å²) in [4.78, 5) is 13.0. The zero-order chi connectivity index (χ0) is 20.0. The highest BCUT2D eigenvalue weighted by molar-refractivity contribution is 6.00. The predicted molar refractivity (Wildman–Crippen MR) is 109 cm³/mol. The van der Waals surface area contributed by atoms with Crippen molar-refractivity contribution in [3.8, 4) is 5.75 Å². The van der Waals surface area contributed by atoms with Crippen LogP contribution in [0.3, 0.4) is 0 Å². The molecule has 3 aromatic rings. The number of amides is 1. The van der Waals surface area contributed by atoms with Gasteiger partial charge in [0, 0.05) is 0 Å². The summed E-state index contributed by atoms with van der Waals surface area (Å²) in [6.45, 7) is 1.78. The molecule has 28 heavy (non-hydrogen) atoms. The summed E-state index contributed by atoms with van der Waals surface area (Å²) in [5, 5.41) is 15.6. The highest BCUT2D eigenvalue weighted by Gasteiger charge is 2.39. The molecule has 142 valence electrons. The molecule has 0 aliphatic heterocycles. The van der Waals surface area contributed by atoms with Crippen molar-refractivity contribution in [1.29, 1.82) is 0 Å². The molecule has 0 aliphatic carbocycles. The van der Waals surface area contributed by atoms with Gasteiger partial charge in [-0.1, -0.05) is 60.7 Å². The summed E-state index contributed by atoms with van der Waals surface area (Å²) in [6, 6.07) is 25.0. The van der Waals surface area contributed by atoms with E-state index < -0.39 is 11.5 Å². The molecule has 0 spiro atoms. The Balaban J connectivity index is 1.90. The summed E-state index contributed by atoms with van der Waals surface area (Å²) in [6.07, 6.45) is 0. The van der Waals surface area contributed by atoms with Gasteiger partial charge in [0.1, 0.15) is 5.75 Å². The maximum Gasteiger partial charge on any atom is 0.281 e. The molecule has 0 unspecified atom stereocenters. The van der Waals surface area contributed by atoms with Gasteiger partial charge in [-0.15, -0.1) is 0 Å². The quantitative estimate of drug-likeness (QED) is 0.513. The summed E-state index contributed by atoms with van der Waals surface area (Å²) < 4.78 is 5.15. The Morgan fingerprint density at radius 1 is 0.893 bits per heavy atom. The minimum Gasteiger partial charge on any atom is -0.497 e. The molecule has 0 aliphatic rings. The summed E-state index contributed by atoms with van der Waals surface area (Å²) in [5.74, 6) is 0.112. The van der Waals surface area contributed by atoms with E-state index in [0.29, 0.717) is 16.8 Å². The number of hydrogen-bond acceptors (Lipinski definition) is 4. The van der Waals surface area contributed by atoms with E-state index in [1.807, 2.05) is 36.4 Å². The van der Waals surface area contributed by atoms with Crippen molar-refractivity contribution in [3.05, 3.63) is 102 Å². The number of rotatable bonds is 6. The van der Waals surface area contributed by atoms with Crippen molar-refractivity contribution in [2.45, 2.75) is 12.5 Å². The minimum atomic E-state index is -1.85. The number of aliphatic hydroxyl groups is 1. The lowest BCUT2D eigenvalue weighted by Crippen LogP contribution is -2.43. The Morgan fingerprint density at radius 2 is 1.39 bits per heavy atom. The Labute approximate surface area is 164 Å². The number of benzene rings is 3. The second kappa shape index (κ2) is 8.50. The average Bonchev–Trinajstić information content (AvgIpc) is 2.77. The number of hydrogen-bond donors (Lipinski definition) is 2. The first kappa shape index (κ1) is 19.3. The normalized spacial score (nSPS) is 11.8. The number of carbonyl (C=O) groups is 1. The van der Waals surface area contributed by atoms with Crippen LogP contribution in [0.2, 0.25) is 0 Å². The number of nitrogens with one attached hydrogen (secondary N) is 1. The molecule has 0 saturated heterocycles. The Hall–Kier alpha value is -3.44. The topological polar surface area (TPSA) is 70.9 Å². The Morgan fingerprint density at radius 3 is 1.86 bits per heavy atom. The Bertz CT molecular complexity index is 913. The molecule has 2 N–H and O–H groups in total. The van der Waals surface area contributed by atoms with Gasteiger partial charge in [-0.05, 0) is 47.9 Å². The number of hydrazone groups is 1. The molecule has 1 amide bonds. The van der Waals surface area contributed by atoms with E-state index in [4.69, 9.17) is 4.74 Å². The van der Waals surface area contributed by atoms with Crippen molar-refractivity contribution >= 4 is 11.6 Å². The third-order valence-corrected chi connectivity index (χ3v) is 4.54. The first-order chi connectivity index (χ1) is 13.6. The van der Waals surface area contributed by atoms with Gasteiger partial charge < -0.3 is 9.84 Å². The largest absolute Gasteiger partial charge is 0.497 e. The van der Waals surface area contributed by atoms with Crippen LogP contribution in [0.15, 0.2) is 90.0 Å². The summed E-state index contributed by atoms with van der Waals surface area (Å²) in [7, 11) is 1.60. The van der Waals surface area contributed by atoms with Gasteiger partial charge >= 0.3 is 0 Å². The lowest BCUT2D eigenvalue weighted by molar-refractivity contribution is -0.136. The van der Waals surface area contributed by atoms with Crippen LogP contribution < -0.4 is 10.2 Å². The minimum absolute atomic E-state index is 0.469. The number of methoxy groups -OCH3 is 1. The highest BCUT2D eigenvalue weighted by atomic mass is 16.5. The molecular formula is C23H22N2O3. The molecular weight excluding hydrogens is 352 g/mol. The highest BCUT2D eigenvalue weighted by Crippen LogP contribution is 2.29. The molecule has 0 fully saturated rings. The van der Waals surface area contributed by atoms with Gasteiger partial charge in [-0.3, -0.25) is 4.79 Å². The van der Waals surface area contributed by atoms with Crippen LogP contribution in [-0.4, -0.2) is 23.8 Å². The van der Waals surface area contributed by atoms with Crippen molar-refractivity contribution in [1.82, 2.24) is 5.43 Å². The third kappa shape index (κ3) is 3.94. The van der Waals surface area contributed by atoms with Crippen LogP contribution in [0.25, 0.3) is 0 Å². The van der Waals surface area contributed by atoms with Crippen molar-refractivity contribution in [2.75, 3.05) is 7.11 Å². The van der Waals surface area contributed by atoms with E-state index in [9.17, 15) is 9.90 Å². The summed E-state index contributed by atoms with van der Waals surface area (Å²) >= 11 is 0. The smallest absolute Gasteiger partial charge is 0.281 e. The zero-order valence-electron chi connectivity index (χ0n) is 15.8. The molecule has 0 atom stereocenters. The maximum absolute atomic E-state index is 13.0. The first-order valence-corrected chi connectivity index (χ1v) is 8.88. The summed E-state index contributed by atoms with van der Waals surface area (Å²) in [5.41, 5.74) is 3.04. The van der Waals surface area contributed by atoms with Crippen LogP contribution in [0, 0.1) is 0 Å². The number of nitrogens with zero attached hydrogens (tertiary/aromatic N) is 1. The van der Waals surface area contributed by atoms with Gasteiger partial charge in [-0.25, -0.2) is 5.43 Å². The molecule has 0 aromatic heterocycles. The molecule has 5 nitrogen and oxygen atoms in total. The van der Waals surface area contributed by atoms with Crippen molar-refractivity contribution in [2.24, 2.45) is 5.10 Å². The van der Waals surface area contributed by atoms with Crippen LogP contribution in [-0.2, 0) is 10.4 Å². The van der Waals surface area contributed by atoms with Crippen LogP contribution >= 0.6 is 0 Å². The monoisotopic (exact) mass is 374 g/mol. The fraction of sp³-hybridized carbons (Fsp3) is 0.130. The van der Waals surface area contributed by atoms with Gasteiger partial charge in [0.25, 0.3) is 5.91 Å². The Kier molecular flexibility index (Phi) is 5.87. The fourth-order valence-electron chi connectivity index (χ4n) is 2.90. The van der Waals surface area contributed by atoms with Crippen molar-refractivity contribution < 1.29 is 14.6 Å². The molecule has 0 radical (unpaired) electrons. The van der Waals surface area contributed by atoms with E-state index >= 15 is 0 Å². The number of ether oxygens (including phenoxy) is 1. The molecule has 5 heteroatoms. The lowest BCUT2D eigenvalue weighted by atomic mass is 9.85. The molecule has 3 aromatic carbocycles. The molecule has 3 rings (SSSR count). The SMILES string of the molecule is COc1ccc(/C(C)=N\NC(=O)C(O)(c2ccccc2)c2ccccc2)cc1.